The van der Waals surface area contributed by atoms with Gasteiger partial charge in [0.1, 0.15) is 0 Å². The fourth-order valence-electron chi connectivity index (χ4n) is 2.89. The minimum absolute atomic E-state index is 0.103. The van der Waals surface area contributed by atoms with E-state index in [0.717, 1.165) is 18.2 Å². The van der Waals surface area contributed by atoms with Crippen LogP contribution in [0, 0.1) is 5.41 Å². The summed E-state index contributed by atoms with van der Waals surface area (Å²) in [6.45, 7) is 0.633. The van der Waals surface area contributed by atoms with Crippen LogP contribution in [0.1, 0.15) is 42.5 Å². The lowest BCUT2D eigenvalue weighted by Gasteiger charge is -2.35. The molecule has 1 aromatic rings. The van der Waals surface area contributed by atoms with Crippen LogP contribution in [0.25, 0.3) is 0 Å². The van der Waals surface area contributed by atoms with E-state index in [9.17, 15) is 9.90 Å². The average Bonchev–Trinajstić information content (AvgIpc) is 2.54. The van der Waals surface area contributed by atoms with Crippen LogP contribution in [-0.2, 0) is 0 Å². The smallest absolute Gasteiger partial charge is 0.255 e. The van der Waals surface area contributed by atoms with E-state index in [4.69, 9.17) is 4.74 Å². The fraction of sp³-hybridized carbons (Fsp3) is 0.562. The fourth-order valence-corrected chi connectivity index (χ4v) is 3.65. The highest BCUT2D eigenvalue weighted by Crippen LogP contribution is 2.37. The summed E-state index contributed by atoms with van der Waals surface area (Å²) in [7, 11) is 1.47. The van der Waals surface area contributed by atoms with Gasteiger partial charge in [-0.1, -0.05) is 41.3 Å². The van der Waals surface area contributed by atoms with Gasteiger partial charge < -0.3 is 15.2 Å². The van der Waals surface area contributed by atoms with Gasteiger partial charge in [-0.3, -0.25) is 4.79 Å². The quantitative estimate of drug-likeness (QED) is 0.795. The SMILES string of the molecule is COc1cccc(C(=O)NCC2(CBr)CCCCC2)c1O. The number of amides is 1. The van der Waals surface area contributed by atoms with Gasteiger partial charge in [-0.05, 0) is 30.4 Å². The highest BCUT2D eigenvalue weighted by Gasteiger charge is 2.31. The number of phenolic OH excluding ortho intramolecular Hbond substituents is 1. The van der Waals surface area contributed by atoms with Crippen molar-refractivity contribution in [1.29, 1.82) is 0 Å². The highest BCUT2D eigenvalue weighted by atomic mass is 79.9. The van der Waals surface area contributed by atoms with Crippen molar-refractivity contribution in [1.82, 2.24) is 5.32 Å². The molecule has 2 rings (SSSR count). The molecular formula is C16H22BrNO3. The number of hydrogen-bond donors (Lipinski definition) is 2. The summed E-state index contributed by atoms with van der Waals surface area (Å²) in [5.74, 6) is -0.0399. The first-order valence-electron chi connectivity index (χ1n) is 7.32. The first-order valence-corrected chi connectivity index (χ1v) is 8.44. The molecule has 0 saturated heterocycles. The summed E-state index contributed by atoms with van der Waals surface area (Å²) >= 11 is 3.59. The van der Waals surface area contributed by atoms with Crippen LogP contribution >= 0.6 is 15.9 Å². The van der Waals surface area contributed by atoms with E-state index in [1.165, 1.54) is 26.4 Å². The summed E-state index contributed by atoms with van der Waals surface area (Å²) in [6.07, 6.45) is 5.96. The molecule has 0 heterocycles. The predicted octanol–water partition coefficient (Wildman–Crippen LogP) is 3.48. The number of rotatable bonds is 5. The second kappa shape index (κ2) is 7.16. The average molecular weight is 356 g/mol. The Kier molecular flexibility index (Phi) is 5.51. The molecule has 1 fully saturated rings. The van der Waals surface area contributed by atoms with E-state index in [1.807, 2.05) is 0 Å². The minimum Gasteiger partial charge on any atom is -0.504 e. The highest BCUT2D eigenvalue weighted by molar-refractivity contribution is 9.09. The van der Waals surface area contributed by atoms with E-state index in [2.05, 4.69) is 21.2 Å². The maximum atomic E-state index is 12.3. The number of aromatic hydroxyl groups is 1. The van der Waals surface area contributed by atoms with Crippen LogP contribution in [0.2, 0.25) is 0 Å². The summed E-state index contributed by atoms with van der Waals surface area (Å²) in [5, 5.41) is 13.9. The van der Waals surface area contributed by atoms with Crippen molar-refractivity contribution in [2.45, 2.75) is 32.1 Å². The van der Waals surface area contributed by atoms with Crippen molar-refractivity contribution in [3.8, 4) is 11.5 Å². The van der Waals surface area contributed by atoms with E-state index in [0.29, 0.717) is 12.3 Å². The van der Waals surface area contributed by atoms with Crippen molar-refractivity contribution in [2.75, 3.05) is 19.0 Å². The van der Waals surface area contributed by atoms with E-state index >= 15 is 0 Å². The largest absolute Gasteiger partial charge is 0.504 e. The van der Waals surface area contributed by atoms with Gasteiger partial charge in [0.25, 0.3) is 5.91 Å². The Morgan fingerprint density at radius 3 is 2.71 bits per heavy atom. The molecule has 0 aliphatic heterocycles. The van der Waals surface area contributed by atoms with E-state index in [1.54, 1.807) is 18.2 Å². The number of halogens is 1. The molecule has 0 spiro atoms. The van der Waals surface area contributed by atoms with Gasteiger partial charge in [0, 0.05) is 11.9 Å². The zero-order valence-electron chi connectivity index (χ0n) is 12.3. The van der Waals surface area contributed by atoms with Crippen LogP contribution in [0.3, 0.4) is 0 Å². The Labute approximate surface area is 134 Å². The molecule has 0 unspecified atom stereocenters. The molecular weight excluding hydrogens is 334 g/mol. The number of hydrogen-bond acceptors (Lipinski definition) is 3. The maximum absolute atomic E-state index is 12.3. The number of benzene rings is 1. The monoisotopic (exact) mass is 355 g/mol. The lowest BCUT2D eigenvalue weighted by molar-refractivity contribution is 0.0918. The van der Waals surface area contributed by atoms with Crippen molar-refractivity contribution >= 4 is 21.8 Å². The third-order valence-electron chi connectivity index (χ3n) is 4.29. The van der Waals surface area contributed by atoms with E-state index in [-0.39, 0.29) is 22.6 Å². The third-order valence-corrected chi connectivity index (χ3v) is 5.47. The lowest BCUT2D eigenvalue weighted by Crippen LogP contribution is -2.40. The van der Waals surface area contributed by atoms with Gasteiger partial charge in [-0.25, -0.2) is 0 Å². The number of carbonyl (C=O) groups is 1. The number of para-hydroxylation sites is 1. The molecule has 116 valence electrons. The number of methoxy groups -OCH3 is 1. The summed E-state index contributed by atoms with van der Waals surface area (Å²) < 4.78 is 5.03. The van der Waals surface area contributed by atoms with Gasteiger partial charge in [-0.2, -0.15) is 0 Å². The molecule has 1 aliphatic carbocycles. The van der Waals surface area contributed by atoms with Gasteiger partial charge in [-0.15, -0.1) is 0 Å². The summed E-state index contributed by atoms with van der Waals surface area (Å²) in [4.78, 5) is 12.3. The van der Waals surface area contributed by atoms with Gasteiger partial charge in [0.2, 0.25) is 0 Å². The van der Waals surface area contributed by atoms with Gasteiger partial charge in [0.05, 0.1) is 12.7 Å². The van der Waals surface area contributed by atoms with Crippen LogP contribution in [0.4, 0.5) is 0 Å². The van der Waals surface area contributed by atoms with Crippen LogP contribution in [-0.4, -0.2) is 30.0 Å². The number of phenols is 1. The van der Waals surface area contributed by atoms with Crippen LogP contribution in [0.15, 0.2) is 18.2 Å². The summed E-state index contributed by atoms with van der Waals surface area (Å²) in [5.41, 5.74) is 0.400. The lowest BCUT2D eigenvalue weighted by atomic mass is 9.75. The summed E-state index contributed by atoms with van der Waals surface area (Å²) in [6, 6.07) is 4.94. The standard InChI is InChI=1S/C16H22BrNO3/c1-21-13-7-5-6-12(14(13)19)15(20)18-11-16(10-17)8-3-2-4-9-16/h5-7,19H,2-4,8-11H2,1H3,(H,18,20). The molecule has 1 amide bonds. The Bertz CT molecular complexity index is 498. The zero-order chi connectivity index (χ0) is 15.3. The third kappa shape index (κ3) is 3.70. The molecule has 0 radical (unpaired) electrons. The van der Waals surface area contributed by atoms with Crippen LogP contribution < -0.4 is 10.1 Å². The van der Waals surface area contributed by atoms with E-state index < -0.39 is 0 Å². The minimum atomic E-state index is -0.253. The molecule has 2 N–H and O–H groups in total. The molecule has 5 heteroatoms. The number of carbonyl (C=O) groups excluding carboxylic acids is 1. The van der Waals surface area contributed by atoms with Crippen LogP contribution in [0.5, 0.6) is 11.5 Å². The molecule has 0 aromatic heterocycles. The number of ether oxygens (including phenoxy) is 1. The first-order chi connectivity index (χ1) is 10.1. The predicted molar refractivity (Wildman–Crippen MR) is 86.3 cm³/mol. The molecule has 4 nitrogen and oxygen atoms in total. The molecule has 0 bridgehead atoms. The second-order valence-electron chi connectivity index (χ2n) is 5.73. The maximum Gasteiger partial charge on any atom is 0.255 e. The number of nitrogens with one attached hydrogen (secondary N) is 1. The Morgan fingerprint density at radius 2 is 2.10 bits per heavy atom. The van der Waals surface area contributed by atoms with Crippen molar-refractivity contribution in [2.24, 2.45) is 5.41 Å². The van der Waals surface area contributed by atoms with Crippen molar-refractivity contribution in [3.63, 3.8) is 0 Å². The Balaban J connectivity index is 2.04. The molecule has 0 atom stereocenters. The second-order valence-corrected chi connectivity index (χ2v) is 6.29. The topological polar surface area (TPSA) is 58.6 Å². The Morgan fingerprint density at radius 1 is 1.38 bits per heavy atom. The Hall–Kier alpha value is -1.23. The van der Waals surface area contributed by atoms with Gasteiger partial charge in [0.15, 0.2) is 11.5 Å². The molecule has 1 aromatic carbocycles. The molecule has 1 aliphatic rings. The molecule has 1 saturated carbocycles. The zero-order valence-corrected chi connectivity index (χ0v) is 13.9. The molecule has 21 heavy (non-hydrogen) atoms. The van der Waals surface area contributed by atoms with Crippen molar-refractivity contribution < 1.29 is 14.6 Å². The van der Waals surface area contributed by atoms with Gasteiger partial charge >= 0.3 is 0 Å². The first kappa shape index (κ1) is 16.1. The number of alkyl halides is 1. The normalized spacial score (nSPS) is 17.2. The van der Waals surface area contributed by atoms with Crippen molar-refractivity contribution in [3.05, 3.63) is 23.8 Å².